The molecule has 19 heavy (non-hydrogen) atoms. The zero-order valence-electron chi connectivity index (χ0n) is 12.0. The molecule has 0 bridgehead atoms. The molecule has 0 N–H and O–H groups in total. The Morgan fingerprint density at radius 3 is 2.11 bits per heavy atom. The minimum Gasteiger partial charge on any atom is -0.0767 e. The molecule has 0 fully saturated rings. The van der Waals surface area contributed by atoms with E-state index in [0.717, 1.165) is 0 Å². The maximum absolute atomic E-state index is 2.29. The van der Waals surface area contributed by atoms with E-state index in [1.54, 1.807) is 0 Å². The normalized spacial score (nSPS) is 13.1. The van der Waals surface area contributed by atoms with E-state index in [1.165, 1.54) is 16.7 Å². The van der Waals surface area contributed by atoms with Crippen LogP contribution >= 0.6 is 0 Å². The molecule has 0 aliphatic carbocycles. The van der Waals surface area contributed by atoms with Crippen LogP contribution in [0.1, 0.15) is 49.3 Å². The highest BCUT2D eigenvalue weighted by Crippen LogP contribution is 2.23. The molecule has 0 aliphatic rings. The van der Waals surface area contributed by atoms with E-state index < -0.39 is 0 Å². The van der Waals surface area contributed by atoms with E-state index in [2.05, 4.69) is 87.5 Å². The van der Waals surface area contributed by atoms with Crippen LogP contribution in [0.2, 0.25) is 0 Å². The lowest BCUT2D eigenvalue weighted by Gasteiger charge is -2.10. The lowest BCUT2D eigenvalue weighted by molar-refractivity contribution is 0.863. The van der Waals surface area contributed by atoms with Crippen molar-refractivity contribution in [2.45, 2.75) is 32.6 Å². The van der Waals surface area contributed by atoms with E-state index in [4.69, 9.17) is 0 Å². The van der Waals surface area contributed by atoms with Gasteiger partial charge in [0.25, 0.3) is 0 Å². The third kappa shape index (κ3) is 3.57. The van der Waals surface area contributed by atoms with Crippen LogP contribution in [0.4, 0.5) is 0 Å². The average Bonchev–Trinajstić information content (AvgIpc) is 2.46. The lowest BCUT2D eigenvalue weighted by Crippen LogP contribution is -1.92. The van der Waals surface area contributed by atoms with Gasteiger partial charge in [0, 0.05) is 0 Å². The largest absolute Gasteiger partial charge is 0.0767 e. The highest BCUT2D eigenvalue weighted by atomic mass is 14.1. The second kappa shape index (κ2) is 6.38. The molecular formula is C19H22. The molecule has 2 rings (SSSR count). The standard InChI is InChI=1S/C19H22/c1-15(2)19-12-8-7-11-18(19)14-13-16(3)17-9-5-4-6-10-17/h4-16H,1-3H3. The van der Waals surface area contributed by atoms with E-state index in [9.17, 15) is 0 Å². The molecule has 2 aromatic rings. The SMILES string of the molecule is CC(C)c1ccccc1C=CC(C)c1ccccc1. The first kappa shape index (κ1) is 13.6. The zero-order chi connectivity index (χ0) is 13.7. The van der Waals surface area contributed by atoms with Crippen LogP contribution in [-0.2, 0) is 0 Å². The number of hydrogen-bond donors (Lipinski definition) is 0. The summed E-state index contributed by atoms with van der Waals surface area (Å²) in [6, 6.07) is 19.3. The Morgan fingerprint density at radius 2 is 1.42 bits per heavy atom. The minimum atomic E-state index is 0.446. The van der Waals surface area contributed by atoms with Crippen LogP contribution < -0.4 is 0 Å². The third-order valence-electron chi connectivity index (χ3n) is 3.51. The van der Waals surface area contributed by atoms with Gasteiger partial charge in [0.1, 0.15) is 0 Å². The van der Waals surface area contributed by atoms with Gasteiger partial charge in [-0.3, -0.25) is 0 Å². The van der Waals surface area contributed by atoms with Crippen LogP contribution in [0.15, 0.2) is 60.7 Å². The van der Waals surface area contributed by atoms with Gasteiger partial charge in [0.15, 0.2) is 0 Å². The fraction of sp³-hybridized carbons (Fsp3) is 0.263. The minimum absolute atomic E-state index is 0.446. The summed E-state index contributed by atoms with van der Waals surface area (Å²) in [6.07, 6.45) is 4.55. The summed E-state index contributed by atoms with van der Waals surface area (Å²) in [5.41, 5.74) is 4.11. The zero-order valence-corrected chi connectivity index (χ0v) is 12.0. The Labute approximate surface area is 116 Å². The fourth-order valence-corrected chi connectivity index (χ4v) is 2.30. The first-order valence-electron chi connectivity index (χ1n) is 7.00. The van der Waals surface area contributed by atoms with Crippen molar-refractivity contribution in [1.29, 1.82) is 0 Å². The average molecular weight is 250 g/mol. The molecule has 1 atom stereocenters. The summed E-state index contributed by atoms with van der Waals surface area (Å²) in [5, 5.41) is 0. The number of allylic oxidation sites excluding steroid dienone is 1. The third-order valence-corrected chi connectivity index (χ3v) is 3.51. The molecule has 0 saturated carbocycles. The Bertz CT molecular complexity index is 535. The van der Waals surface area contributed by atoms with Gasteiger partial charge in [-0.25, -0.2) is 0 Å². The van der Waals surface area contributed by atoms with Crippen molar-refractivity contribution in [2.24, 2.45) is 0 Å². The number of rotatable bonds is 4. The summed E-state index contributed by atoms with van der Waals surface area (Å²) >= 11 is 0. The second-order valence-electron chi connectivity index (χ2n) is 5.34. The molecule has 0 aromatic heterocycles. The van der Waals surface area contributed by atoms with Crippen LogP contribution in [0.5, 0.6) is 0 Å². The fourth-order valence-electron chi connectivity index (χ4n) is 2.30. The summed E-state index contributed by atoms with van der Waals surface area (Å²) in [4.78, 5) is 0. The van der Waals surface area contributed by atoms with Crippen LogP contribution in [0, 0.1) is 0 Å². The van der Waals surface area contributed by atoms with Crippen molar-refractivity contribution < 1.29 is 0 Å². The maximum Gasteiger partial charge on any atom is -0.000711 e. The molecule has 0 nitrogen and oxygen atoms in total. The van der Waals surface area contributed by atoms with Crippen LogP contribution in [-0.4, -0.2) is 0 Å². The van der Waals surface area contributed by atoms with Gasteiger partial charge < -0.3 is 0 Å². The molecule has 1 unspecified atom stereocenters. The van der Waals surface area contributed by atoms with Crippen molar-refractivity contribution in [1.82, 2.24) is 0 Å². The van der Waals surface area contributed by atoms with Gasteiger partial charge in [0.2, 0.25) is 0 Å². The van der Waals surface area contributed by atoms with Crippen LogP contribution in [0.3, 0.4) is 0 Å². The summed E-state index contributed by atoms with van der Waals surface area (Å²) in [6.45, 7) is 6.73. The molecule has 0 heterocycles. The maximum atomic E-state index is 2.29. The van der Waals surface area contributed by atoms with E-state index in [-0.39, 0.29) is 0 Å². The lowest BCUT2D eigenvalue weighted by atomic mass is 9.95. The van der Waals surface area contributed by atoms with Crippen molar-refractivity contribution in [3.05, 3.63) is 77.4 Å². The van der Waals surface area contributed by atoms with Gasteiger partial charge in [-0.05, 0) is 28.5 Å². The summed E-state index contributed by atoms with van der Waals surface area (Å²) in [5.74, 6) is 1.01. The second-order valence-corrected chi connectivity index (χ2v) is 5.34. The molecule has 0 spiro atoms. The van der Waals surface area contributed by atoms with E-state index in [1.807, 2.05) is 0 Å². The predicted octanol–water partition coefficient (Wildman–Crippen LogP) is 5.63. The van der Waals surface area contributed by atoms with Gasteiger partial charge in [0.05, 0.1) is 0 Å². The molecular weight excluding hydrogens is 228 g/mol. The Morgan fingerprint density at radius 1 is 0.789 bits per heavy atom. The molecule has 0 amide bonds. The van der Waals surface area contributed by atoms with Gasteiger partial charge in [-0.1, -0.05) is 87.5 Å². The Balaban J connectivity index is 2.19. The van der Waals surface area contributed by atoms with Crippen molar-refractivity contribution >= 4 is 6.08 Å². The predicted molar refractivity (Wildman–Crippen MR) is 84.4 cm³/mol. The number of hydrogen-bond acceptors (Lipinski definition) is 0. The first-order chi connectivity index (χ1) is 9.18. The highest BCUT2D eigenvalue weighted by molar-refractivity contribution is 5.55. The van der Waals surface area contributed by atoms with Crippen molar-refractivity contribution in [2.75, 3.05) is 0 Å². The van der Waals surface area contributed by atoms with Gasteiger partial charge >= 0.3 is 0 Å². The molecule has 98 valence electrons. The number of benzene rings is 2. The Hall–Kier alpha value is -1.82. The summed E-state index contributed by atoms with van der Waals surface area (Å²) in [7, 11) is 0. The van der Waals surface area contributed by atoms with E-state index in [0.29, 0.717) is 11.8 Å². The smallest absolute Gasteiger partial charge is 0.000711 e. The molecule has 0 heteroatoms. The molecule has 2 aromatic carbocycles. The van der Waals surface area contributed by atoms with E-state index >= 15 is 0 Å². The summed E-state index contributed by atoms with van der Waals surface area (Å²) < 4.78 is 0. The monoisotopic (exact) mass is 250 g/mol. The molecule has 0 aliphatic heterocycles. The van der Waals surface area contributed by atoms with Gasteiger partial charge in [-0.2, -0.15) is 0 Å². The highest BCUT2D eigenvalue weighted by Gasteiger charge is 2.04. The van der Waals surface area contributed by atoms with Crippen molar-refractivity contribution in [3.63, 3.8) is 0 Å². The van der Waals surface area contributed by atoms with Gasteiger partial charge in [-0.15, -0.1) is 0 Å². The van der Waals surface area contributed by atoms with Crippen molar-refractivity contribution in [3.8, 4) is 0 Å². The Kier molecular flexibility index (Phi) is 4.57. The molecule has 0 saturated heterocycles. The first-order valence-corrected chi connectivity index (χ1v) is 7.00. The van der Waals surface area contributed by atoms with Crippen LogP contribution in [0.25, 0.3) is 6.08 Å². The molecule has 0 radical (unpaired) electrons. The topological polar surface area (TPSA) is 0 Å². The quantitative estimate of drug-likeness (QED) is 0.660.